The van der Waals surface area contributed by atoms with Crippen LogP contribution in [0.4, 0.5) is 5.69 Å². The van der Waals surface area contributed by atoms with Crippen molar-refractivity contribution in [2.75, 3.05) is 27.2 Å². The lowest BCUT2D eigenvalue weighted by molar-refractivity contribution is -0.861. The molecule has 0 saturated carbocycles. The van der Waals surface area contributed by atoms with Gasteiger partial charge < -0.3 is 10.2 Å². The standard InChI is InChI=1S/C13H19N3O3/c1-10(9-15(2)3)8-14-13(17)11-4-6-12(7-5-11)16(18)19/h4-7,10H,8-9H2,1-3H3,(H,14,17)/p+1/t10-/m0/s1. The highest BCUT2D eigenvalue weighted by atomic mass is 16.6. The van der Waals surface area contributed by atoms with Gasteiger partial charge in [-0.3, -0.25) is 14.9 Å². The third kappa shape index (κ3) is 5.05. The van der Waals surface area contributed by atoms with Crippen molar-refractivity contribution in [1.29, 1.82) is 0 Å². The number of benzene rings is 1. The van der Waals surface area contributed by atoms with Gasteiger partial charge in [0, 0.05) is 30.2 Å². The molecule has 104 valence electrons. The molecule has 19 heavy (non-hydrogen) atoms. The van der Waals surface area contributed by atoms with Crippen molar-refractivity contribution in [2.24, 2.45) is 5.92 Å². The number of rotatable bonds is 6. The molecular formula is C13H20N3O3+. The van der Waals surface area contributed by atoms with Crippen molar-refractivity contribution in [3.05, 3.63) is 39.9 Å². The average molecular weight is 266 g/mol. The molecule has 6 heteroatoms. The van der Waals surface area contributed by atoms with E-state index in [0.29, 0.717) is 18.0 Å². The zero-order valence-corrected chi connectivity index (χ0v) is 11.5. The highest BCUT2D eigenvalue weighted by Crippen LogP contribution is 2.11. The number of carbonyl (C=O) groups excluding carboxylic acids is 1. The second kappa shape index (κ2) is 6.84. The fourth-order valence-corrected chi connectivity index (χ4v) is 1.87. The zero-order valence-electron chi connectivity index (χ0n) is 11.5. The van der Waals surface area contributed by atoms with E-state index >= 15 is 0 Å². The maximum absolute atomic E-state index is 11.8. The van der Waals surface area contributed by atoms with Gasteiger partial charge in [-0.05, 0) is 12.1 Å². The minimum Gasteiger partial charge on any atom is -0.352 e. The number of hydrogen-bond donors (Lipinski definition) is 2. The Hall–Kier alpha value is -1.95. The summed E-state index contributed by atoms with van der Waals surface area (Å²) >= 11 is 0. The SMILES string of the molecule is C[C@@H](CNC(=O)c1ccc([N+](=O)[O-])cc1)C[NH+](C)C. The predicted molar refractivity (Wildman–Crippen MR) is 72.3 cm³/mol. The summed E-state index contributed by atoms with van der Waals surface area (Å²) in [6.07, 6.45) is 0. The number of nitrogens with zero attached hydrogens (tertiary/aromatic N) is 1. The van der Waals surface area contributed by atoms with Gasteiger partial charge in [-0.15, -0.1) is 0 Å². The molecule has 0 bridgehead atoms. The first kappa shape index (κ1) is 15.1. The van der Waals surface area contributed by atoms with Gasteiger partial charge in [0.05, 0.1) is 25.6 Å². The third-order valence-corrected chi connectivity index (χ3v) is 2.71. The smallest absolute Gasteiger partial charge is 0.269 e. The molecule has 0 aliphatic heterocycles. The molecule has 0 unspecified atom stereocenters. The molecule has 1 atom stereocenters. The second-order valence-corrected chi connectivity index (χ2v) is 5.03. The molecule has 6 nitrogen and oxygen atoms in total. The van der Waals surface area contributed by atoms with Crippen LogP contribution >= 0.6 is 0 Å². The van der Waals surface area contributed by atoms with Gasteiger partial charge in [-0.2, -0.15) is 0 Å². The Bertz CT molecular complexity index is 443. The Morgan fingerprint density at radius 1 is 1.37 bits per heavy atom. The van der Waals surface area contributed by atoms with E-state index in [4.69, 9.17) is 0 Å². The summed E-state index contributed by atoms with van der Waals surface area (Å²) in [5.41, 5.74) is 0.427. The molecule has 0 radical (unpaired) electrons. The van der Waals surface area contributed by atoms with Crippen LogP contribution in [0.1, 0.15) is 17.3 Å². The molecule has 1 amide bonds. The number of amides is 1. The van der Waals surface area contributed by atoms with Gasteiger partial charge in [0.1, 0.15) is 0 Å². The monoisotopic (exact) mass is 266 g/mol. The first-order valence-corrected chi connectivity index (χ1v) is 6.22. The summed E-state index contributed by atoms with van der Waals surface area (Å²) in [7, 11) is 4.13. The lowest BCUT2D eigenvalue weighted by Gasteiger charge is -2.15. The predicted octanol–water partition coefficient (Wildman–Crippen LogP) is 0.105. The fraction of sp³-hybridized carbons (Fsp3) is 0.462. The maximum atomic E-state index is 11.8. The van der Waals surface area contributed by atoms with Crippen molar-refractivity contribution in [3.63, 3.8) is 0 Å². The van der Waals surface area contributed by atoms with Gasteiger partial charge in [-0.25, -0.2) is 0 Å². The Kier molecular flexibility index (Phi) is 5.44. The largest absolute Gasteiger partial charge is 0.352 e. The van der Waals surface area contributed by atoms with Crippen molar-refractivity contribution < 1.29 is 14.6 Å². The molecule has 0 fully saturated rings. The quantitative estimate of drug-likeness (QED) is 0.566. The summed E-state index contributed by atoms with van der Waals surface area (Å²) in [6, 6.07) is 5.61. The maximum Gasteiger partial charge on any atom is 0.269 e. The number of nitrogens with one attached hydrogen (secondary N) is 2. The molecule has 1 aromatic carbocycles. The van der Waals surface area contributed by atoms with E-state index in [1.165, 1.54) is 29.2 Å². The molecule has 0 spiro atoms. The Labute approximate surface area is 112 Å². The van der Waals surface area contributed by atoms with E-state index in [1.807, 2.05) is 0 Å². The van der Waals surface area contributed by atoms with Crippen LogP contribution in [0, 0.1) is 16.0 Å². The second-order valence-electron chi connectivity index (χ2n) is 5.03. The highest BCUT2D eigenvalue weighted by Gasteiger charge is 2.11. The lowest BCUT2D eigenvalue weighted by Crippen LogP contribution is -3.06. The van der Waals surface area contributed by atoms with Gasteiger partial charge in [0.2, 0.25) is 0 Å². The van der Waals surface area contributed by atoms with Gasteiger partial charge >= 0.3 is 0 Å². The number of hydrogen-bond acceptors (Lipinski definition) is 3. The number of nitro groups is 1. The molecule has 1 rings (SSSR count). The van der Waals surface area contributed by atoms with Crippen molar-refractivity contribution in [3.8, 4) is 0 Å². The Morgan fingerprint density at radius 2 is 1.95 bits per heavy atom. The van der Waals surface area contributed by atoms with Gasteiger partial charge in [0.15, 0.2) is 0 Å². The third-order valence-electron chi connectivity index (χ3n) is 2.71. The van der Waals surface area contributed by atoms with E-state index in [0.717, 1.165) is 6.54 Å². The minimum atomic E-state index is -0.483. The van der Waals surface area contributed by atoms with E-state index in [9.17, 15) is 14.9 Å². The Balaban J connectivity index is 2.52. The summed E-state index contributed by atoms with van der Waals surface area (Å²) in [5, 5.41) is 13.3. The van der Waals surface area contributed by atoms with Crippen LogP contribution in [-0.4, -0.2) is 38.0 Å². The molecule has 1 aromatic rings. The summed E-state index contributed by atoms with van der Waals surface area (Å²) < 4.78 is 0. The fourth-order valence-electron chi connectivity index (χ4n) is 1.87. The van der Waals surface area contributed by atoms with Crippen LogP contribution in [0.15, 0.2) is 24.3 Å². The minimum absolute atomic E-state index is 0.0128. The summed E-state index contributed by atoms with van der Waals surface area (Å²) in [6.45, 7) is 3.64. The van der Waals surface area contributed by atoms with Crippen LogP contribution in [0.25, 0.3) is 0 Å². The van der Waals surface area contributed by atoms with E-state index < -0.39 is 4.92 Å². The van der Waals surface area contributed by atoms with Crippen molar-refractivity contribution in [2.45, 2.75) is 6.92 Å². The number of nitro benzene ring substituents is 1. The van der Waals surface area contributed by atoms with Crippen LogP contribution < -0.4 is 10.2 Å². The van der Waals surface area contributed by atoms with Crippen molar-refractivity contribution in [1.82, 2.24) is 5.32 Å². The molecular weight excluding hydrogens is 246 g/mol. The number of non-ortho nitro benzene ring substituents is 1. The Morgan fingerprint density at radius 3 is 2.42 bits per heavy atom. The number of quaternary nitrogens is 1. The molecule has 2 N–H and O–H groups in total. The van der Waals surface area contributed by atoms with Crippen molar-refractivity contribution >= 4 is 11.6 Å². The highest BCUT2D eigenvalue weighted by molar-refractivity contribution is 5.94. The summed E-state index contributed by atoms with van der Waals surface area (Å²) in [4.78, 5) is 23.2. The number of carbonyl (C=O) groups is 1. The van der Waals surface area contributed by atoms with Gasteiger partial charge in [-0.1, -0.05) is 6.92 Å². The normalized spacial score (nSPS) is 12.2. The van der Waals surface area contributed by atoms with Crippen LogP contribution in [0.3, 0.4) is 0 Å². The molecule has 0 saturated heterocycles. The summed E-state index contributed by atoms with van der Waals surface area (Å²) in [5.74, 6) is 0.183. The molecule has 0 heterocycles. The van der Waals surface area contributed by atoms with Gasteiger partial charge in [0.25, 0.3) is 11.6 Å². The first-order valence-electron chi connectivity index (χ1n) is 6.22. The van der Waals surface area contributed by atoms with Crippen LogP contribution in [-0.2, 0) is 0 Å². The van der Waals surface area contributed by atoms with Crippen LogP contribution in [0.5, 0.6) is 0 Å². The lowest BCUT2D eigenvalue weighted by atomic mass is 10.1. The van der Waals surface area contributed by atoms with E-state index in [1.54, 1.807) is 0 Å². The average Bonchev–Trinajstić information content (AvgIpc) is 2.35. The first-order chi connectivity index (χ1) is 8.90. The zero-order chi connectivity index (χ0) is 14.4. The topological polar surface area (TPSA) is 76.7 Å². The van der Waals surface area contributed by atoms with E-state index in [2.05, 4.69) is 26.3 Å². The molecule has 0 aromatic heterocycles. The molecule has 0 aliphatic rings. The van der Waals surface area contributed by atoms with E-state index in [-0.39, 0.29) is 11.6 Å². The molecule has 0 aliphatic carbocycles. The van der Waals surface area contributed by atoms with Crippen LogP contribution in [0.2, 0.25) is 0 Å².